The van der Waals surface area contributed by atoms with Crippen molar-refractivity contribution < 1.29 is 9.26 Å². The van der Waals surface area contributed by atoms with Gasteiger partial charge in [0, 0.05) is 37.1 Å². The van der Waals surface area contributed by atoms with Crippen LogP contribution < -0.4 is 15.4 Å². The second kappa shape index (κ2) is 9.25. The number of ether oxygens (including phenoxy) is 1. The minimum Gasteiger partial charge on any atom is -0.493 e. The highest BCUT2D eigenvalue weighted by molar-refractivity contribution is 14.0. The molecule has 0 fully saturated rings. The highest BCUT2D eigenvalue weighted by Crippen LogP contribution is 2.31. The fraction of sp³-hybridized carbons (Fsp3) is 0.474. The van der Waals surface area contributed by atoms with Crippen LogP contribution in [0.5, 0.6) is 5.75 Å². The first-order valence-electron chi connectivity index (χ1n) is 8.71. The number of fused-ring (bicyclic) bond motifs is 1. The number of guanidine groups is 1. The lowest BCUT2D eigenvalue weighted by Gasteiger charge is -2.28. The van der Waals surface area contributed by atoms with Gasteiger partial charge in [0.2, 0.25) is 0 Å². The number of hydrogen-bond donors (Lipinski definition) is 2. The van der Waals surface area contributed by atoms with Crippen molar-refractivity contribution in [3.8, 4) is 5.75 Å². The Balaban J connectivity index is 0.00000243. The molecule has 0 radical (unpaired) electrons. The van der Waals surface area contributed by atoms with E-state index >= 15 is 0 Å². The van der Waals surface area contributed by atoms with Crippen LogP contribution in [-0.4, -0.2) is 31.3 Å². The molecule has 2 unspecified atom stereocenters. The largest absolute Gasteiger partial charge is 0.493 e. The summed E-state index contributed by atoms with van der Waals surface area (Å²) in [6, 6.07) is 8.35. The van der Waals surface area contributed by atoms with E-state index in [1.807, 2.05) is 32.0 Å². The zero-order chi connectivity index (χ0) is 17.8. The Morgan fingerprint density at radius 1 is 1.35 bits per heavy atom. The molecule has 0 bridgehead atoms. The number of para-hydroxylation sites is 1. The molecule has 0 saturated heterocycles. The molecular formula is C19H27IN4O2. The Labute approximate surface area is 171 Å². The van der Waals surface area contributed by atoms with Crippen LogP contribution in [-0.2, 0) is 0 Å². The summed E-state index contributed by atoms with van der Waals surface area (Å²) >= 11 is 0. The van der Waals surface area contributed by atoms with E-state index in [0.717, 1.165) is 36.1 Å². The third kappa shape index (κ3) is 4.49. The van der Waals surface area contributed by atoms with E-state index < -0.39 is 0 Å². The molecule has 26 heavy (non-hydrogen) atoms. The number of rotatable bonds is 4. The van der Waals surface area contributed by atoms with E-state index in [9.17, 15) is 0 Å². The van der Waals surface area contributed by atoms with Gasteiger partial charge in [0.15, 0.2) is 5.96 Å². The summed E-state index contributed by atoms with van der Waals surface area (Å²) in [4.78, 5) is 4.37. The van der Waals surface area contributed by atoms with Crippen LogP contribution in [0.1, 0.15) is 47.9 Å². The third-order valence-electron chi connectivity index (χ3n) is 4.65. The normalized spacial score (nSPS) is 17.5. The number of nitrogens with one attached hydrogen (secondary N) is 2. The smallest absolute Gasteiger partial charge is 0.191 e. The molecule has 1 aromatic heterocycles. The first-order valence-corrected chi connectivity index (χ1v) is 8.71. The Morgan fingerprint density at radius 3 is 2.81 bits per heavy atom. The summed E-state index contributed by atoms with van der Waals surface area (Å²) in [5, 5.41) is 11.0. The van der Waals surface area contributed by atoms with Gasteiger partial charge in [-0.2, -0.15) is 0 Å². The van der Waals surface area contributed by atoms with Crippen molar-refractivity contribution in [2.45, 2.75) is 39.2 Å². The molecule has 3 rings (SSSR count). The molecule has 2 N–H and O–H groups in total. The number of benzene rings is 1. The van der Waals surface area contributed by atoms with Crippen LogP contribution in [0.25, 0.3) is 0 Å². The summed E-state index contributed by atoms with van der Waals surface area (Å²) in [6.07, 6.45) is 0.914. The van der Waals surface area contributed by atoms with E-state index in [0.29, 0.717) is 6.61 Å². The van der Waals surface area contributed by atoms with Crippen LogP contribution in [0.2, 0.25) is 0 Å². The maximum Gasteiger partial charge on any atom is 0.191 e. The van der Waals surface area contributed by atoms with Gasteiger partial charge in [-0.05, 0) is 19.9 Å². The number of nitrogens with zero attached hydrogens (tertiary/aromatic N) is 2. The summed E-state index contributed by atoms with van der Waals surface area (Å²) in [6.45, 7) is 7.57. The van der Waals surface area contributed by atoms with Gasteiger partial charge in [-0.15, -0.1) is 24.0 Å². The fourth-order valence-electron chi connectivity index (χ4n) is 3.40. The van der Waals surface area contributed by atoms with Crippen molar-refractivity contribution in [2.75, 3.05) is 20.2 Å². The lowest BCUT2D eigenvalue weighted by Crippen LogP contribution is -2.42. The molecule has 2 aromatic rings. The first-order chi connectivity index (χ1) is 12.1. The van der Waals surface area contributed by atoms with Crippen LogP contribution in [0, 0.1) is 13.8 Å². The molecule has 2 atom stereocenters. The van der Waals surface area contributed by atoms with Gasteiger partial charge in [0.1, 0.15) is 11.5 Å². The second-order valence-corrected chi connectivity index (χ2v) is 6.46. The average molecular weight is 470 g/mol. The summed E-state index contributed by atoms with van der Waals surface area (Å²) in [5.74, 6) is 2.91. The van der Waals surface area contributed by atoms with Crippen LogP contribution in [0.3, 0.4) is 0 Å². The summed E-state index contributed by atoms with van der Waals surface area (Å²) in [5.41, 5.74) is 3.29. The number of aromatic nitrogens is 1. The molecule has 0 spiro atoms. The Hall–Kier alpha value is -1.77. The molecule has 0 amide bonds. The quantitative estimate of drug-likeness (QED) is 0.405. The minimum atomic E-state index is 0. The van der Waals surface area contributed by atoms with Gasteiger partial charge in [0.25, 0.3) is 0 Å². The number of aliphatic imine (C=N–C) groups is 1. The van der Waals surface area contributed by atoms with E-state index in [4.69, 9.17) is 9.26 Å². The van der Waals surface area contributed by atoms with E-state index in [1.54, 1.807) is 7.05 Å². The maximum atomic E-state index is 5.72. The van der Waals surface area contributed by atoms with E-state index in [-0.39, 0.29) is 35.9 Å². The predicted octanol–water partition coefficient (Wildman–Crippen LogP) is 3.70. The molecule has 142 valence electrons. The number of hydrogen-bond acceptors (Lipinski definition) is 4. The SMILES string of the molecule is CN=C(NCC(C)c1c(C)noc1C)NC1CCOc2ccccc21.I. The topological polar surface area (TPSA) is 71.7 Å². The number of aryl methyl sites for hydroxylation is 2. The van der Waals surface area contributed by atoms with Gasteiger partial charge < -0.3 is 19.9 Å². The highest BCUT2D eigenvalue weighted by atomic mass is 127. The molecule has 0 saturated carbocycles. The lowest BCUT2D eigenvalue weighted by molar-refractivity contribution is 0.261. The zero-order valence-electron chi connectivity index (χ0n) is 15.7. The van der Waals surface area contributed by atoms with Crippen molar-refractivity contribution >= 4 is 29.9 Å². The second-order valence-electron chi connectivity index (χ2n) is 6.46. The van der Waals surface area contributed by atoms with E-state index in [2.05, 4.69) is 33.8 Å². The third-order valence-corrected chi connectivity index (χ3v) is 4.65. The van der Waals surface area contributed by atoms with E-state index in [1.165, 1.54) is 11.1 Å². The Bertz CT molecular complexity index is 740. The lowest BCUT2D eigenvalue weighted by atomic mass is 9.99. The molecule has 2 heterocycles. The number of halogens is 1. The standard InChI is InChI=1S/C19H26N4O2.HI/c1-12(18-13(2)23-25-14(18)3)11-21-19(20-4)22-16-9-10-24-17-8-6-5-7-15(16)17;/h5-8,12,16H,9-11H2,1-4H3,(H2,20,21,22);1H. The van der Waals surface area contributed by atoms with Gasteiger partial charge in [-0.25, -0.2) is 0 Å². The minimum absolute atomic E-state index is 0. The molecule has 0 aliphatic carbocycles. The van der Waals surface area contributed by atoms with Gasteiger partial charge in [0.05, 0.1) is 18.3 Å². The Kier molecular flexibility index (Phi) is 7.31. The average Bonchev–Trinajstić information content (AvgIpc) is 2.97. The fourth-order valence-corrected chi connectivity index (χ4v) is 3.40. The van der Waals surface area contributed by atoms with Crippen LogP contribution >= 0.6 is 24.0 Å². The molecule has 1 aliphatic heterocycles. The van der Waals surface area contributed by atoms with Crippen molar-refractivity contribution in [3.05, 3.63) is 46.8 Å². The van der Waals surface area contributed by atoms with Crippen molar-refractivity contribution in [3.63, 3.8) is 0 Å². The van der Waals surface area contributed by atoms with Crippen LogP contribution in [0.15, 0.2) is 33.8 Å². The monoisotopic (exact) mass is 470 g/mol. The van der Waals surface area contributed by atoms with Crippen molar-refractivity contribution in [1.82, 2.24) is 15.8 Å². The molecule has 1 aromatic carbocycles. The molecular weight excluding hydrogens is 443 g/mol. The molecule has 6 nitrogen and oxygen atoms in total. The first kappa shape index (κ1) is 20.5. The van der Waals surface area contributed by atoms with Crippen molar-refractivity contribution in [2.24, 2.45) is 4.99 Å². The molecule has 7 heteroatoms. The maximum absolute atomic E-state index is 5.72. The van der Waals surface area contributed by atoms with Gasteiger partial charge in [-0.3, -0.25) is 4.99 Å². The van der Waals surface area contributed by atoms with Crippen LogP contribution in [0.4, 0.5) is 0 Å². The van der Waals surface area contributed by atoms with Crippen molar-refractivity contribution in [1.29, 1.82) is 0 Å². The zero-order valence-corrected chi connectivity index (χ0v) is 18.0. The highest BCUT2D eigenvalue weighted by Gasteiger charge is 2.22. The summed E-state index contributed by atoms with van der Waals surface area (Å²) < 4.78 is 11.0. The molecule has 1 aliphatic rings. The Morgan fingerprint density at radius 2 is 2.12 bits per heavy atom. The summed E-state index contributed by atoms with van der Waals surface area (Å²) in [7, 11) is 1.79. The van der Waals surface area contributed by atoms with Gasteiger partial charge in [-0.1, -0.05) is 30.3 Å². The predicted molar refractivity (Wildman–Crippen MR) is 114 cm³/mol. The van der Waals surface area contributed by atoms with Gasteiger partial charge >= 0.3 is 0 Å².